The molecule has 1 heterocycles. The number of allylic oxidation sites excluding steroid dienone is 1. The number of amides is 1. The van der Waals surface area contributed by atoms with Crippen molar-refractivity contribution < 1.29 is 9.90 Å². The molecule has 0 bridgehead atoms. The number of aliphatic hydroxyl groups is 1. The minimum atomic E-state index is 0.0803. The normalized spacial score (nSPS) is 25.7. The molecule has 1 fully saturated rings. The van der Waals surface area contributed by atoms with Crippen molar-refractivity contribution in [2.24, 2.45) is 0 Å². The molecule has 1 aliphatic carbocycles. The second kappa shape index (κ2) is 5.48. The zero-order chi connectivity index (χ0) is 11.4. The Hall–Kier alpha value is -0.830. The van der Waals surface area contributed by atoms with Gasteiger partial charge in [0.25, 0.3) is 0 Å². The average molecular weight is 223 g/mol. The molecule has 1 atom stereocenters. The van der Waals surface area contributed by atoms with Crippen LogP contribution in [0.1, 0.15) is 44.9 Å². The number of likely N-dealkylation sites (tertiary alicyclic amines) is 1. The molecule has 3 nitrogen and oxygen atoms in total. The molecule has 2 aliphatic rings. The summed E-state index contributed by atoms with van der Waals surface area (Å²) in [6.07, 6.45) is 9.51. The van der Waals surface area contributed by atoms with Crippen LogP contribution in [0.3, 0.4) is 0 Å². The lowest BCUT2D eigenvalue weighted by molar-refractivity contribution is -0.132. The molecular formula is C13H21NO2. The first-order valence-corrected chi connectivity index (χ1v) is 6.39. The van der Waals surface area contributed by atoms with E-state index in [1.54, 1.807) is 0 Å². The Morgan fingerprint density at radius 1 is 1.44 bits per heavy atom. The van der Waals surface area contributed by atoms with Crippen molar-refractivity contribution in [1.29, 1.82) is 0 Å². The quantitative estimate of drug-likeness (QED) is 0.742. The van der Waals surface area contributed by atoms with Gasteiger partial charge in [-0.15, -0.1) is 0 Å². The average Bonchev–Trinajstić information content (AvgIpc) is 2.78. The van der Waals surface area contributed by atoms with Gasteiger partial charge in [0, 0.05) is 13.0 Å². The summed E-state index contributed by atoms with van der Waals surface area (Å²) in [5.41, 5.74) is 1.31. The second-order valence-electron chi connectivity index (χ2n) is 4.85. The van der Waals surface area contributed by atoms with Gasteiger partial charge >= 0.3 is 0 Å². The van der Waals surface area contributed by atoms with E-state index in [1.165, 1.54) is 18.4 Å². The van der Waals surface area contributed by atoms with Crippen molar-refractivity contribution in [3.8, 4) is 0 Å². The maximum Gasteiger partial charge on any atom is 0.226 e. The summed E-state index contributed by atoms with van der Waals surface area (Å²) in [7, 11) is 0. The zero-order valence-corrected chi connectivity index (χ0v) is 9.82. The Labute approximate surface area is 97.1 Å². The first kappa shape index (κ1) is 11.6. The Bertz CT molecular complexity index is 286. The van der Waals surface area contributed by atoms with Crippen molar-refractivity contribution >= 4 is 5.91 Å². The van der Waals surface area contributed by atoms with E-state index in [0.717, 1.165) is 32.2 Å². The van der Waals surface area contributed by atoms with Crippen LogP contribution < -0.4 is 0 Å². The van der Waals surface area contributed by atoms with Gasteiger partial charge in [0.1, 0.15) is 0 Å². The lowest BCUT2D eigenvalue weighted by Gasteiger charge is -2.24. The Kier molecular flexibility index (Phi) is 3.99. The van der Waals surface area contributed by atoms with Crippen molar-refractivity contribution in [2.45, 2.75) is 51.0 Å². The molecular weight excluding hydrogens is 202 g/mol. The maximum atomic E-state index is 12.1. The van der Waals surface area contributed by atoms with E-state index in [1.807, 2.05) is 4.90 Å². The number of carbonyl (C=O) groups excluding carboxylic acids is 1. The standard InChI is InChI=1S/C13H21NO2/c15-10-12-7-4-8-14(12)13(16)9-11-5-2-1-3-6-11/h5,12,15H,1-4,6-10H2/t12-/m1/s1. The molecule has 0 aromatic rings. The number of carbonyl (C=O) groups is 1. The fourth-order valence-electron chi connectivity index (χ4n) is 2.71. The third-order valence-electron chi connectivity index (χ3n) is 3.67. The van der Waals surface area contributed by atoms with Gasteiger partial charge in [-0.05, 0) is 38.5 Å². The number of hydrogen-bond acceptors (Lipinski definition) is 2. The van der Waals surface area contributed by atoms with Crippen LogP contribution >= 0.6 is 0 Å². The van der Waals surface area contributed by atoms with Crippen LogP contribution in [0, 0.1) is 0 Å². The topological polar surface area (TPSA) is 40.5 Å². The fourth-order valence-corrected chi connectivity index (χ4v) is 2.71. The highest BCUT2D eigenvalue weighted by molar-refractivity contribution is 5.79. The van der Waals surface area contributed by atoms with E-state index in [9.17, 15) is 9.90 Å². The summed E-state index contributed by atoms with van der Waals surface area (Å²) in [5, 5.41) is 9.18. The van der Waals surface area contributed by atoms with Crippen LogP contribution in [0.2, 0.25) is 0 Å². The summed E-state index contributed by atoms with van der Waals surface area (Å²) in [6.45, 7) is 0.947. The largest absolute Gasteiger partial charge is 0.394 e. The second-order valence-corrected chi connectivity index (χ2v) is 4.85. The number of nitrogens with zero attached hydrogens (tertiary/aromatic N) is 1. The van der Waals surface area contributed by atoms with Crippen LogP contribution in [0.5, 0.6) is 0 Å². The molecule has 3 heteroatoms. The highest BCUT2D eigenvalue weighted by atomic mass is 16.3. The molecule has 0 spiro atoms. The molecule has 16 heavy (non-hydrogen) atoms. The zero-order valence-electron chi connectivity index (χ0n) is 9.82. The molecule has 2 rings (SSSR count). The Morgan fingerprint density at radius 3 is 3.00 bits per heavy atom. The molecule has 0 aromatic carbocycles. The lowest BCUT2D eigenvalue weighted by Crippen LogP contribution is -2.37. The van der Waals surface area contributed by atoms with Crippen molar-refractivity contribution in [3.05, 3.63) is 11.6 Å². The summed E-state index contributed by atoms with van der Waals surface area (Å²) < 4.78 is 0. The molecule has 0 unspecified atom stereocenters. The first-order valence-electron chi connectivity index (χ1n) is 6.39. The minimum Gasteiger partial charge on any atom is -0.394 e. The van der Waals surface area contributed by atoms with Crippen LogP contribution in [-0.4, -0.2) is 35.1 Å². The fraction of sp³-hybridized carbons (Fsp3) is 0.769. The van der Waals surface area contributed by atoms with Gasteiger partial charge in [-0.25, -0.2) is 0 Å². The highest BCUT2D eigenvalue weighted by Crippen LogP contribution is 2.23. The smallest absolute Gasteiger partial charge is 0.226 e. The van der Waals surface area contributed by atoms with Crippen molar-refractivity contribution in [3.63, 3.8) is 0 Å². The highest BCUT2D eigenvalue weighted by Gasteiger charge is 2.28. The molecule has 0 radical (unpaired) electrons. The summed E-state index contributed by atoms with van der Waals surface area (Å²) in [4.78, 5) is 13.9. The molecule has 1 aliphatic heterocycles. The third kappa shape index (κ3) is 2.64. The van der Waals surface area contributed by atoms with Gasteiger partial charge in [-0.3, -0.25) is 4.79 Å². The van der Waals surface area contributed by atoms with Gasteiger partial charge in [0.15, 0.2) is 0 Å². The molecule has 90 valence electrons. The van der Waals surface area contributed by atoms with E-state index < -0.39 is 0 Å². The molecule has 0 aromatic heterocycles. The van der Waals surface area contributed by atoms with Crippen molar-refractivity contribution in [2.75, 3.05) is 13.2 Å². The predicted molar refractivity (Wildman–Crippen MR) is 63.0 cm³/mol. The van der Waals surface area contributed by atoms with E-state index in [-0.39, 0.29) is 18.6 Å². The van der Waals surface area contributed by atoms with Crippen LogP contribution in [-0.2, 0) is 4.79 Å². The minimum absolute atomic E-state index is 0.0803. The van der Waals surface area contributed by atoms with E-state index in [0.29, 0.717) is 6.42 Å². The number of aliphatic hydroxyl groups excluding tert-OH is 1. The monoisotopic (exact) mass is 223 g/mol. The molecule has 1 N–H and O–H groups in total. The Balaban J connectivity index is 1.89. The molecule has 1 saturated heterocycles. The summed E-state index contributed by atoms with van der Waals surface area (Å²) in [5.74, 6) is 0.213. The number of rotatable bonds is 3. The van der Waals surface area contributed by atoms with E-state index in [2.05, 4.69) is 6.08 Å². The van der Waals surface area contributed by atoms with Gasteiger partial charge < -0.3 is 10.0 Å². The van der Waals surface area contributed by atoms with E-state index >= 15 is 0 Å². The first-order chi connectivity index (χ1) is 7.81. The van der Waals surface area contributed by atoms with Gasteiger partial charge in [-0.2, -0.15) is 0 Å². The van der Waals surface area contributed by atoms with Gasteiger partial charge in [-0.1, -0.05) is 11.6 Å². The van der Waals surface area contributed by atoms with Gasteiger partial charge in [0.05, 0.1) is 12.6 Å². The lowest BCUT2D eigenvalue weighted by atomic mass is 9.97. The predicted octanol–water partition coefficient (Wildman–Crippen LogP) is 1.86. The van der Waals surface area contributed by atoms with Crippen LogP contribution in [0.25, 0.3) is 0 Å². The van der Waals surface area contributed by atoms with Gasteiger partial charge in [0.2, 0.25) is 5.91 Å². The third-order valence-corrected chi connectivity index (χ3v) is 3.67. The molecule has 0 saturated carbocycles. The number of hydrogen-bond donors (Lipinski definition) is 1. The summed E-state index contributed by atoms with van der Waals surface area (Å²) >= 11 is 0. The van der Waals surface area contributed by atoms with Crippen molar-refractivity contribution in [1.82, 2.24) is 4.90 Å². The van der Waals surface area contributed by atoms with Crippen LogP contribution in [0.15, 0.2) is 11.6 Å². The maximum absolute atomic E-state index is 12.1. The summed E-state index contributed by atoms with van der Waals surface area (Å²) in [6, 6.07) is 0.0803. The SMILES string of the molecule is O=C(CC1=CCCCC1)N1CCC[C@@H]1CO. The molecule has 1 amide bonds. The van der Waals surface area contributed by atoms with Crippen LogP contribution in [0.4, 0.5) is 0 Å². The van der Waals surface area contributed by atoms with E-state index in [4.69, 9.17) is 0 Å². The Morgan fingerprint density at radius 2 is 2.31 bits per heavy atom.